The number of nitrogens with zero attached hydrogens (tertiary/aromatic N) is 3. The molecule has 0 fully saturated rings. The van der Waals surface area contributed by atoms with E-state index in [2.05, 4.69) is 21.2 Å². The fourth-order valence-corrected chi connectivity index (χ4v) is 3.98. The Balaban J connectivity index is 1.63. The van der Waals surface area contributed by atoms with Gasteiger partial charge in [0.15, 0.2) is 4.34 Å². The standard InChI is InChI=1S/C16H11N3OS2/c1-10-6-2-3-7-11(10)14-18-19-15(20-14)22-16-17-12-8-4-5-9-13(12)21-16/h2-9H,1H3. The Morgan fingerprint density at radius 3 is 2.68 bits per heavy atom. The summed E-state index contributed by atoms with van der Waals surface area (Å²) in [6.45, 7) is 2.03. The number of para-hydroxylation sites is 1. The maximum Gasteiger partial charge on any atom is 0.284 e. The molecule has 0 amide bonds. The van der Waals surface area contributed by atoms with Crippen molar-refractivity contribution in [1.82, 2.24) is 15.2 Å². The van der Waals surface area contributed by atoms with Crippen LogP contribution in [0.5, 0.6) is 0 Å². The molecular weight excluding hydrogens is 314 g/mol. The van der Waals surface area contributed by atoms with Crippen molar-refractivity contribution < 1.29 is 4.42 Å². The molecule has 0 spiro atoms. The highest BCUT2D eigenvalue weighted by molar-refractivity contribution is 8.00. The summed E-state index contributed by atoms with van der Waals surface area (Å²) in [5.74, 6) is 0.543. The molecule has 2 heterocycles. The van der Waals surface area contributed by atoms with E-state index < -0.39 is 0 Å². The first kappa shape index (κ1) is 13.5. The molecule has 4 aromatic rings. The zero-order valence-electron chi connectivity index (χ0n) is 11.7. The minimum Gasteiger partial charge on any atom is -0.411 e. The van der Waals surface area contributed by atoms with Crippen LogP contribution in [0.4, 0.5) is 0 Å². The molecule has 0 atom stereocenters. The number of hydrogen-bond acceptors (Lipinski definition) is 6. The molecule has 6 heteroatoms. The molecule has 2 aromatic heterocycles. The number of aryl methyl sites for hydroxylation is 1. The van der Waals surface area contributed by atoms with Gasteiger partial charge >= 0.3 is 0 Å². The Kier molecular flexibility index (Phi) is 3.40. The van der Waals surface area contributed by atoms with Crippen molar-refractivity contribution in [2.24, 2.45) is 0 Å². The molecule has 0 aliphatic heterocycles. The van der Waals surface area contributed by atoms with Gasteiger partial charge in [0.25, 0.3) is 5.22 Å². The van der Waals surface area contributed by atoms with Crippen LogP contribution >= 0.6 is 23.1 Å². The second-order valence-electron chi connectivity index (χ2n) is 4.74. The van der Waals surface area contributed by atoms with E-state index in [4.69, 9.17) is 4.42 Å². The number of benzene rings is 2. The van der Waals surface area contributed by atoms with Gasteiger partial charge in [-0.25, -0.2) is 4.98 Å². The van der Waals surface area contributed by atoms with E-state index in [-0.39, 0.29) is 0 Å². The van der Waals surface area contributed by atoms with Gasteiger partial charge in [0.2, 0.25) is 5.89 Å². The zero-order chi connectivity index (χ0) is 14.9. The highest BCUT2D eigenvalue weighted by Crippen LogP contribution is 2.34. The van der Waals surface area contributed by atoms with Crippen LogP contribution in [-0.4, -0.2) is 15.2 Å². The van der Waals surface area contributed by atoms with Crippen LogP contribution in [0.2, 0.25) is 0 Å². The predicted molar refractivity (Wildman–Crippen MR) is 88.2 cm³/mol. The summed E-state index contributed by atoms with van der Waals surface area (Å²) in [5, 5.41) is 8.76. The quantitative estimate of drug-likeness (QED) is 0.541. The molecule has 0 bridgehead atoms. The molecule has 4 nitrogen and oxygen atoms in total. The van der Waals surface area contributed by atoms with E-state index in [0.29, 0.717) is 11.1 Å². The van der Waals surface area contributed by atoms with Crippen LogP contribution in [-0.2, 0) is 0 Å². The molecule has 0 saturated heterocycles. The van der Waals surface area contributed by atoms with Crippen molar-refractivity contribution in [1.29, 1.82) is 0 Å². The predicted octanol–water partition coefficient (Wildman–Crippen LogP) is 4.81. The normalized spacial score (nSPS) is 11.1. The van der Waals surface area contributed by atoms with Gasteiger partial charge in [-0.3, -0.25) is 0 Å². The molecule has 108 valence electrons. The lowest BCUT2D eigenvalue weighted by atomic mass is 10.1. The molecular formula is C16H11N3OS2. The van der Waals surface area contributed by atoms with Gasteiger partial charge in [0.05, 0.1) is 10.2 Å². The van der Waals surface area contributed by atoms with Crippen molar-refractivity contribution in [3.8, 4) is 11.5 Å². The molecule has 0 saturated carbocycles. The monoisotopic (exact) mass is 325 g/mol. The third-order valence-electron chi connectivity index (χ3n) is 3.23. The first-order valence-electron chi connectivity index (χ1n) is 6.72. The SMILES string of the molecule is Cc1ccccc1-c1nnc(Sc2nc3ccccc3s2)o1. The zero-order valence-corrected chi connectivity index (χ0v) is 13.3. The lowest BCUT2D eigenvalue weighted by Gasteiger charge is -1.98. The number of hydrogen-bond donors (Lipinski definition) is 0. The maximum absolute atomic E-state index is 5.76. The van der Waals surface area contributed by atoms with E-state index in [1.807, 2.05) is 49.4 Å². The molecule has 2 aromatic carbocycles. The van der Waals surface area contributed by atoms with Gasteiger partial charge in [-0.1, -0.05) is 30.3 Å². The fraction of sp³-hybridized carbons (Fsp3) is 0.0625. The Bertz CT molecular complexity index is 912. The summed E-state index contributed by atoms with van der Waals surface area (Å²) in [7, 11) is 0. The molecule has 0 radical (unpaired) electrons. The van der Waals surface area contributed by atoms with E-state index in [0.717, 1.165) is 25.7 Å². The van der Waals surface area contributed by atoms with E-state index in [1.54, 1.807) is 11.3 Å². The molecule has 0 aliphatic carbocycles. The molecule has 0 aliphatic rings. The maximum atomic E-state index is 5.76. The summed E-state index contributed by atoms with van der Waals surface area (Å²) >= 11 is 3.03. The second-order valence-corrected chi connectivity index (χ2v) is 6.97. The molecule has 22 heavy (non-hydrogen) atoms. The Morgan fingerprint density at radius 1 is 1.00 bits per heavy atom. The number of thiazole rings is 1. The van der Waals surface area contributed by atoms with E-state index in [9.17, 15) is 0 Å². The first-order valence-corrected chi connectivity index (χ1v) is 8.36. The average Bonchev–Trinajstić information content (AvgIpc) is 3.14. The summed E-state index contributed by atoms with van der Waals surface area (Å²) in [6.07, 6.45) is 0. The van der Waals surface area contributed by atoms with Gasteiger partial charge in [0, 0.05) is 17.3 Å². The summed E-state index contributed by atoms with van der Waals surface area (Å²) < 4.78 is 7.82. The Hall–Kier alpha value is -2.18. The molecule has 0 N–H and O–H groups in total. The van der Waals surface area contributed by atoms with Crippen LogP contribution in [0.3, 0.4) is 0 Å². The minimum atomic E-state index is 0.511. The lowest BCUT2D eigenvalue weighted by molar-refractivity contribution is 0.465. The molecule has 0 unspecified atom stereocenters. The minimum absolute atomic E-state index is 0.511. The van der Waals surface area contributed by atoms with Crippen LogP contribution in [0.1, 0.15) is 5.56 Å². The van der Waals surface area contributed by atoms with Crippen molar-refractivity contribution >= 4 is 33.3 Å². The van der Waals surface area contributed by atoms with Crippen molar-refractivity contribution in [3.63, 3.8) is 0 Å². The second kappa shape index (κ2) is 5.55. The average molecular weight is 325 g/mol. The Labute approximate surface area is 135 Å². The van der Waals surface area contributed by atoms with E-state index >= 15 is 0 Å². The third kappa shape index (κ3) is 2.51. The third-order valence-corrected chi connectivity index (χ3v) is 5.17. The summed E-state index contributed by atoms with van der Waals surface area (Å²) in [5.41, 5.74) is 3.07. The van der Waals surface area contributed by atoms with Crippen LogP contribution < -0.4 is 0 Å². The molecule has 4 rings (SSSR count). The summed E-state index contributed by atoms with van der Waals surface area (Å²) in [6, 6.07) is 16.0. The van der Waals surface area contributed by atoms with Crippen molar-refractivity contribution in [2.75, 3.05) is 0 Å². The van der Waals surface area contributed by atoms with Crippen molar-refractivity contribution in [3.05, 3.63) is 54.1 Å². The van der Waals surface area contributed by atoms with Gasteiger partial charge in [0.1, 0.15) is 0 Å². The number of aromatic nitrogens is 3. The number of fused-ring (bicyclic) bond motifs is 1. The van der Waals surface area contributed by atoms with Gasteiger partial charge in [-0.2, -0.15) is 0 Å². The topological polar surface area (TPSA) is 51.8 Å². The largest absolute Gasteiger partial charge is 0.411 e. The van der Waals surface area contributed by atoms with Gasteiger partial charge < -0.3 is 4.42 Å². The Morgan fingerprint density at radius 2 is 1.82 bits per heavy atom. The summed E-state index contributed by atoms with van der Waals surface area (Å²) in [4.78, 5) is 4.56. The lowest BCUT2D eigenvalue weighted by Crippen LogP contribution is -1.81. The number of rotatable bonds is 3. The van der Waals surface area contributed by atoms with Crippen LogP contribution in [0.15, 0.2) is 62.5 Å². The van der Waals surface area contributed by atoms with Gasteiger partial charge in [-0.05, 0) is 30.7 Å². The highest BCUT2D eigenvalue weighted by Gasteiger charge is 2.13. The van der Waals surface area contributed by atoms with E-state index in [1.165, 1.54) is 11.8 Å². The van der Waals surface area contributed by atoms with Crippen molar-refractivity contribution in [2.45, 2.75) is 16.5 Å². The highest BCUT2D eigenvalue weighted by atomic mass is 32.2. The van der Waals surface area contributed by atoms with Gasteiger partial charge in [-0.15, -0.1) is 21.5 Å². The first-order chi connectivity index (χ1) is 10.8. The smallest absolute Gasteiger partial charge is 0.284 e. The fourth-order valence-electron chi connectivity index (χ4n) is 2.14. The van der Waals surface area contributed by atoms with Crippen LogP contribution in [0, 0.1) is 6.92 Å². The van der Waals surface area contributed by atoms with Crippen LogP contribution in [0.25, 0.3) is 21.7 Å².